The van der Waals surface area contributed by atoms with E-state index in [1.807, 2.05) is 18.2 Å². The van der Waals surface area contributed by atoms with Crippen LogP contribution in [0.2, 0.25) is 0 Å². The lowest BCUT2D eigenvalue weighted by atomic mass is 9.85. The Hall–Kier alpha value is -3.22. The zero-order chi connectivity index (χ0) is 26.9. The number of hydrogen-bond acceptors (Lipinski definition) is 6. The van der Waals surface area contributed by atoms with Crippen molar-refractivity contribution in [2.24, 2.45) is 0 Å². The lowest BCUT2D eigenvalue weighted by Crippen LogP contribution is -2.21. The fourth-order valence-electron chi connectivity index (χ4n) is 4.43. The highest BCUT2D eigenvalue weighted by Crippen LogP contribution is 2.44. The van der Waals surface area contributed by atoms with Crippen molar-refractivity contribution in [2.75, 3.05) is 33.8 Å². The normalized spacial score (nSPS) is 12.0. The summed E-state index contributed by atoms with van der Waals surface area (Å²) >= 11 is 0. The van der Waals surface area contributed by atoms with Gasteiger partial charge in [0.15, 0.2) is 11.5 Å². The number of esters is 1. The van der Waals surface area contributed by atoms with Crippen LogP contribution in [0.1, 0.15) is 87.2 Å². The number of anilines is 1. The third-order valence-electron chi connectivity index (χ3n) is 6.29. The van der Waals surface area contributed by atoms with Crippen LogP contribution in [0.4, 0.5) is 5.69 Å². The van der Waals surface area contributed by atoms with Crippen molar-refractivity contribution >= 4 is 17.6 Å². The van der Waals surface area contributed by atoms with E-state index in [0.717, 1.165) is 36.8 Å². The van der Waals surface area contributed by atoms with E-state index < -0.39 is 5.97 Å². The molecule has 1 N–H and O–H groups in total. The number of unbranched alkanes of at least 4 members (excludes halogenated alkanes) is 2. The standard InChI is InChI=1S/C29H41NO6/c1-9-10-11-12-19(21-14-16-24(33-5)27(35-7)26(21)34-6)18-25(31)30-23-17-20(28(32)36-8)13-15-22(23)29(2,3)4/h13-17,19H,9-12,18H2,1-8H3,(H,30,31). The lowest BCUT2D eigenvalue weighted by Gasteiger charge is -2.25. The van der Waals surface area contributed by atoms with Gasteiger partial charge in [-0.2, -0.15) is 0 Å². The Kier molecular flexibility index (Phi) is 10.6. The molecule has 0 saturated carbocycles. The van der Waals surface area contributed by atoms with Gasteiger partial charge in [-0.1, -0.05) is 59.1 Å². The summed E-state index contributed by atoms with van der Waals surface area (Å²) in [7, 11) is 6.09. The maximum Gasteiger partial charge on any atom is 0.337 e. The number of ether oxygens (including phenoxy) is 4. The summed E-state index contributed by atoms with van der Waals surface area (Å²) in [5.41, 5.74) is 2.61. The minimum absolute atomic E-state index is 0.0896. The van der Waals surface area contributed by atoms with E-state index in [9.17, 15) is 9.59 Å². The number of rotatable bonds is 12. The largest absolute Gasteiger partial charge is 0.493 e. The third kappa shape index (κ3) is 7.15. The molecule has 7 heteroatoms. The molecule has 2 aromatic carbocycles. The molecular formula is C29H41NO6. The molecule has 0 aliphatic carbocycles. The number of nitrogens with one attached hydrogen (secondary N) is 1. The van der Waals surface area contributed by atoms with Gasteiger partial charge in [0.1, 0.15) is 0 Å². The maximum absolute atomic E-state index is 13.4. The van der Waals surface area contributed by atoms with Crippen LogP contribution in [0.15, 0.2) is 30.3 Å². The highest BCUT2D eigenvalue weighted by Gasteiger charge is 2.26. The second-order valence-corrected chi connectivity index (χ2v) is 9.87. The Bertz CT molecular complexity index is 1040. The van der Waals surface area contributed by atoms with Crippen LogP contribution in [-0.4, -0.2) is 40.3 Å². The molecule has 0 saturated heterocycles. The average molecular weight is 500 g/mol. The first kappa shape index (κ1) is 29.0. The summed E-state index contributed by atoms with van der Waals surface area (Å²) in [5.74, 6) is 0.991. The second kappa shape index (κ2) is 13.2. The smallest absolute Gasteiger partial charge is 0.337 e. The summed E-state index contributed by atoms with van der Waals surface area (Å²) in [4.78, 5) is 25.5. The maximum atomic E-state index is 13.4. The number of benzene rings is 2. The Balaban J connectivity index is 2.43. The topological polar surface area (TPSA) is 83.1 Å². The zero-order valence-electron chi connectivity index (χ0n) is 22.9. The zero-order valence-corrected chi connectivity index (χ0v) is 22.9. The Morgan fingerprint density at radius 2 is 1.61 bits per heavy atom. The molecule has 0 bridgehead atoms. The number of hydrogen-bond donors (Lipinski definition) is 1. The van der Waals surface area contributed by atoms with Crippen molar-refractivity contribution in [3.8, 4) is 17.2 Å². The summed E-state index contributed by atoms with van der Waals surface area (Å²) < 4.78 is 21.6. The minimum atomic E-state index is -0.446. The van der Waals surface area contributed by atoms with Crippen LogP contribution in [0.5, 0.6) is 17.2 Å². The molecule has 198 valence electrons. The quantitative estimate of drug-likeness (QED) is 0.265. The first-order chi connectivity index (χ1) is 17.1. The molecule has 0 fully saturated rings. The van der Waals surface area contributed by atoms with Crippen molar-refractivity contribution in [3.05, 3.63) is 47.0 Å². The summed E-state index contributed by atoms with van der Waals surface area (Å²) in [6.45, 7) is 8.36. The lowest BCUT2D eigenvalue weighted by molar-refractivity contribution is -0.116. The fourth-order valence-corrected chi connectivity index (χ4v) is 4.43. The third-order valence-corrected chi connectivity index (χ3v) is 6.29. The number of carbonyl (C=O) groups excluding carboxylic acids is 2. The van der Waals surface area contributed by atoms with Gasteiger partial charge in [-0.3, -0.25) is 4.79 Å². The highest BCUT2D eigenvalue weighted by molar-refractivity contribution is 5.96. The average Bonchev–Trinajstić information content (AvgIpc) is 2.85. The van der Waals surface area contributed by atoms with Gasteiger partial charge >= 0.3 is 5.97 Å². The molecule has 0 aromatic heterocycles. The van der Waals surface area contributed by atoms with Gasteiger partial charge in [0.05, 0.1) is 34.0 Å². The first-order valence-corrected chi connectivity index (χ1v) is 12.4. The van der Waals surface area contributed by atoms with E-state index in [4.69, 9.17) is 18.9 Å². The van der Waals surface area contributed by atoms with Gasteiger partial charge in [0.2, 0.25) is 11.7 Å². The molecule has 7 nitrogen and oxygen atoms in total. The molecule has 2 aromatic rings. The van der Waals surface area contributed by atoms with Gasteiger partial charge in [-0.15, -0.1) is 0 Å². The summed E-state index contributed by atoms with van der Waals surface area (Å²) in [5, 5.41) is 3.07. The number of methoxy groups -OCH3 is 4. The van der Waals surface area contributed by atoms with Crippen molar-refractivity contribution in [1.29, 1.82) is 0 Å². The van der Waals surface area contributed by atoms with Crippen LogP contribution in [-0.2, 0) is 14.9 Å². The Labute approximate surface area is 215 Å². The van der Waals surface area contributed by atoms with E-state index in [1.165, 1.54) is 7.11 Å². The van der Waals surface area contributed by atoms with E-state index in [2.05, 4.69) is 33.0 Å². The fraction of sp³-hybridized carbons (Fsp3) is 0.517. The molecule has 0 heterocycles. The Morgan fingerprint density at radius 3 is 2.17 bits per heavy atom. The van der Waals surface area contributed by atoms with Gasteiger partial charge in [-0.05, 0) is 41.5 Å². The van der Waals surface area contributed by atoms with Crippen LogP contribution in [0.25, 0.3) is 0 Å². The van der Waals surface area contributed by atoms with Crippen LogP contribution in [0.3, 0.4) is 0 Å². The van der Waals surface area contributed by atoms with Crippen LogP contribution >= 0.6 is 0 Å². The molecule has 2 rings (SSSR count). The minimum Gasteiger partial charge on any atom is -0.493 e. The predicted molar refractivity (Wildman–Crippen MR) is 143 cm³/mol. The van der Waals surface area contributed by atoms with Gasteiger partial charge in [0.25, 0.3) is 0 Å². The molecular weight excluding hydrogens is 458 g/mol. The van der Waals surface area contributed by atoms with Crippen LogP contribution < -0.4 is 19.5 Å². The number of amides is 1. The first-order valence-electron chi connectivity index (χ1n) is 12.4. The molecule has 0 aliphatic rings. The van der Waals surface area contributed by atoms with Gasteiger partial charge in [0, 0.05) is 17.7 Å². The SMILES string of the molecule is CCCCCC(CC(=O)Nc1cc(C(=O)OC)ccc1C(C)(C)C)c1ccc(OC)c(OC)c1OC. The molecule has 36 heavy (non-hydrogen) atoms. The summed E-state index contributed by atoms with van der Waals surface area (Å²) in [6, 6.07) is 9.08. The monoisotopic (exact) mass is 499 g/mol. The van der Waals surface area contributed by atoms with E-state index in [0.29, 0.717) is 28.5 Å². The molecule has 0 radical (unpaired) electrons. The van der Waals surface area contributed by atoms with Gasteiger partial charge in [-0.25, -0.2) is 4.79 Å². The molecule has 1 amide bonds. The van der Waals surface area contributed by atoms with Crippen molar-refractivity contribution in [3.63, 3.8) is 0 Å². The highest BCUT2D eigenvalue weighted by atomic mass is 16.5. The predicted octanol–water partition coefficient (Wildman–Crippen LogP) is 6.49. The van der Waals surface area contributed by atoms with E-state index in [1.54, 1.807) is 33.5 Å². The van der Waals surface area contributed by atoms with E-state index in [-0.39, 0.29) is 23.7 Å². The van der Waals surface area contributed by atoms with E-state index >= 15 is 0 Å². The van der Waals surface area contributed by atoms with Crippen molar-refractivity contribution in [2.45, 2.75) is 71.1 Å². The molecule has 1 atom stereocenters. The van der Waals surface area contributed by atoms with Crippen LogP contribution in [0, 0.1) is 0 Å². The summed E-state index contributed by atoms with van der Waals surface area (Å²) in [6.07, 6.45) is 4.21. The van der Waals surface area contributed by atoms with Crippen molar-refractivity contribution < 1.29 is 28.5 Å². The Morgan fingerprint density at radius 1 is 0.917 bits per heavy atom. The second-order valence-electron chi connectivity index (χ2n) is 9.87. The molecule has 0 spiro atoms. The number of carbonyl (C=O) groups is 2. The van der Waals surface area contributed by atoms with Crippen molar-refractivity contribution in [1.82, 2.24) is 0 Å². The molecule has 0 aliphatic heterocycles. The molecule has 1 unspecified atom stereocenters. The van der Waals surface area contributed by atoms with Gasteiger partial charge < -0.3 is 24.3 Å².